The van der Waals surface area contributed by atoms with Crippen LogP contribution in [0.25, 0.3) is 5.82 Å². The topological polar surface area (TPSA) is 88.5 Å². The number of pyridine rings is 1. The van der Waals surface area contributed by atoms with E-state index >= 15 is 0 Å². The molecule has 7 nitrogen and oxygen atoms in total. The van der Waals surface area contributed by atoms with E-state index in [4.69, 9.17) is 0 Å². The lowest BCUT2D eigenvalue weighted by molar-refractivity contribution is 0.102. The SMILES string of the molecule is CCCc1cc(C(=O)Nc2cc(C(C)(C)C)nn2-c2ccccn2)n[nH]1. The van der Waals surface area contributed by atoms with Gasteiger partial charge in [0.1, 0.15) is 5.82 Å². The third kappa shape index (κ3) is 3.82. The van der Waals surface area contributed by atoms with Crippen LogP contribution in [0.1, 0.15) is 56.0 Å². The Morgan fingerprint density at radius 2 is 2.08 bits per heavy atom. The van der Waals surface area contributed by atoms with Gasteiger partial charge in [-0.3, -0.25) is 9.89 Å². The third-order valence-electron chi connectivity index (χ3n) is 3.97. The monoisotopic (exact) mass is 352 g/mol. The second-order valence-electron chi connectivity index (χ2n) is 7.25. The van der Waals surface area contributed by atoms with Crippen molar-refractivity contribution in [1.29, 1.82) is 0 Å². The summed E-state index contributed by atoms with van der Waals surface area (Å²) < 4.78 is 1.65. The molecule has 3 aromatic heterocycles. The molecule has 7 heteroatoms. The summed E-state index contributed by atoms with van der Waals surface area (Å²) in [5, 5.41) is 14.6. The van der Waals surface area contributed by atoms with Gasteiger partial charge in [-0.25, -0.2) is 4.98 Å². The molecule has 0 aliphatic heterocycles. The highest BCUT2D eigenvalue weighted by molar-refractivity contribution is 6.02. The first-order valence-electron chi connectivity index (χ1n) is 8.76. The quantitative estimate of drug-likeness (QED) is 0.735. The Labute approximate surface area is 152 Å². The first-order chi connectivity index (χ1) is 12.4. The van der Waals surface area contributed by atoms with Gasteiger partial charge in [0.25, 0.3) is 5.91 Å². The number of aromatic amines is 1. The maximum absolute atomic E-state index is 12.6. The molecular weight excluding hydrogens is 328 g/mol. The lowest BCUT2D eigenvalue weighted by atomic mass is 9.92. The number of anilines is 1. The fraction of sp³-hybridized carbons (Fsp3) is 0.368. The Morgan fingerprint density at radius 1 is 1.27 bits per heavy atom. The fourth-order valence-electron chi connectivity index (χ4n) is 2.55. The number of rotatable bonds is 5. The number of aromatic nitrogens is 5. The summed E-state index contributed by atoms with van der Waals surface area (Å²) in [6.07, 6.45) is 3.55. The molecule has 3 rings (SSSR count). The van der Waals surface area contributed by atoms with Crippen LogP contribution in [-0.2, 0) is 11.8 Å². The van der Waals surface area contributed by atoms with Crippen molar-refractivity contribution in [2.24, 2.45) is 0 Å². The molecule has 0 aliphatic carbocycles. The molecule has 0 aliphatic rings. The highest BCUT2D eigenvalue weighted by Crippen LogP contribution is 2.26. The second-order valence-corrected chi connectivity index (χ2v) is 7.25. The van der Waals surface area contributed by atoms with Gasteiger partial charge in [-0.1, -0.05) is 40.2 Å². The van der Waals surface area contributed by atoms with Crippen LogP contribution >= 0.6 is 0 Å². The van der Waals surface area contributed by atoms with Crippen molar-refractivity contribution < 1.29 is 4.79 Å². The van der Waals surface area contributed by atoms with E-state index in [0.29, 0.717) is 17.3 Å². The van der Waals surface area contributed by atoms with Crippen molar-refractivity contribution in [2.45, 2.75) is 46.0 Å². The maximum Gasteiger partial charge on any atom is 0.277 e. The van der Waals surface area contributed by atoms with Crippen LogP contribution in [0.4, 0.5) is 5.82 Å². The summed E-state index contributed by atoms with van der Waals surface area (Å²) in [4.78, 5) is 17.0. The third-order valence-corrected chi connectivity index (χ3v) is 3.97. The molecule has 0 atom stereocenters. The van der Waals surface area contributed by atoms with Crippen molar-refractivity contribution in [3.05, 3.63) is 53.6 Å². The van der Waals surface area contributed by atoms with E-state index in [1.54, 1.807) is 16.9 Å². The number of hydrogen-bond donors (Lipinski definition) is 2. The summed E-state index contributed by atoms with van der Waals surface area (Å²) in [6, 6.07) is 9.24. The number of nitrogens with one attached hydrogen (secondary N) is 2. The second kappa shape index (κ2) is 7.11. The van der Waals surface area contributed by atoms with Gasteiger partial charge < -0.3 is 5.32 Å². The average Bonchev–Trinajstić information content (AvgIpc) is 3.23. The molecule has 0 aromatic carbocycles. The van der Waals surface area contributed by atoms with Gasteiger partial charge in [-0.2, -0.15) is 14.9 Å². The van der Waals surface area contributed by atoms with Gasteiger partial charge in [0.15, 0.2) is 11.5 Å². The van der Waals surface area contributed by atoms with Crippen LogP contribution in [0, 0.1) is 0 Å². The number of hydrogen-bond acceptors (Lipinski definition) is 4. The van der Waals surface area contributed by atoms with Crippen molar-refractivity contribution in [3.8, 4) is 5.82 Å². The molecule has 0 fully saturated rings. The van der Waals surface area contributed by atoms with Gasteiger partial charge in [-0.15, -0.1) is 0 Å². The molecule has 0 saturated heterocycles. The van der Waals surface area contributed by atoms with Gasteiger partial charge in [0, 0.05) is 23.4 Å². The predicted octanol–water partition coefficient (Wildman–Crippen LogP) is 3.49. The van der Waals surface area contributed by atoms with Gasteiger partial charge in [0.2, 0.25) is 0 Å². The smallest absolute Gasteiger partial charge is 0.277 e. The Bertz CT molecular complexity index is 888. The molecule has 0 bridgehead atoms. The Kier molecular flexibility index (Phi) is 4.88. The number of carbonyl (C=O) groups excluding carboxylic acids is 1. The normalized spacial score (nSPS) is 11.5. The van der Waals surface area contributed by atoms with Crippen LogP contribution in [0.5, 0.6) is 0 Å². The van der Waals surface area contributed by atoms with E-state index in [2.05, 4.69) is 53.3 Å². The number of carbonyl (C=O) groups is 1. The molecule has 0 spiro atoms. The molecule has 0 radical (unpaired) electrons. The Balaban J connectivity index is 1.92. The molecule has 136 valence electrons. The van der Waals surface area contributed by atoms with E-state index < -0.39 is 0 Å². The van der Waals surface area contributed by atoms with Crippen molar-refractivity contribution in [3.63, 3.8) is 0 Å². The first-order valence-corrected chi connectivity index (χ1v) is 8.76. The number of H-pyrrole nitrogens is 1. The molecular formula is C19H24N6O. The highest BCUT2D eigenvalue weighted by Gasteiger charge is 2.22. The average molecular weight is 352 g/mol. The standard InChI is InChI=1S/C19H24N6O/c1-5-8-13-11-14(23-22-13)18(26)21-17-12-15(19(2,3)4)24-25(17)16-9-6-7-10-20-16/h6-7,9-12H,5,8H2,1-4H3,(H,21,26)(H,22,23). The van der Waals surface area contributed by atoms with Crippen LogP contribution < -0.4 is 5.32 Å². The maximum atomic E-state index is 12.6. The zero-order valence-corrected chi connectivity index (χ0v) is 15.6. The van der Waals surface area contributed by atoms with E-state index in [-0.39, 0.29) is 11.3 Å². The molecule has 0 unspecified atom stereocenters. The van der Waals surface area contributed by atoms with E-state index in [1.807, 2.05) is 24.3 Å². The zero-order chi connectivity index (χ0) is 18.7. The minimum atomic E-state index is -0.277. The first kappa shape index (κ1) is 17.8. The summed E-state index contributed by atoms with van der Waals surface area (Å²) in [5.74, 6) is 0.937. The fourth-order valence-corrected chi connectivity index (χ4v) is 2.55. The number of amides is 1. The minimum absolute atomic E-state index is 0.153. The molecule has 1 amide bonds. The minimum Gasteiger partial charge on any atom is -0.305 e. The molecule has 26 heavy (non-hydrogen) atoms. The molecule has 0 saturated carbocycles. The Morgan fingerprint density at radius 3 is 2.73 bits per heavy atom. The summed E-state index contributed by atoms with van der Waals surface area (Å²) in [6.45, 7) is 8.32. The van der Waals surface area contributed by atoms with Crippen molar-refractivity contribution in [2.75, 3.05) is 5.32 Å². The largest absolute Gasteiger partial charge is 0.305 e. The van der Waals surface area contributed by atoms with E-state index in [9.17, 15) is 4.79 Å². The lowest BCUT2D eigenvalue weighted by Crippen LogP contribution is -2.16. The van der Waals surface area contributed by atoms with Gasteiger partial charge in [0.05, 0.1) is 5.69 Å². The van der Waals surface area contributed by atoms with Crippen LogP contribution in [-0.4, -0.2) is 30.9 Å². The van der Waals surface area contributed by atoms with Crippen LogP contribution in [0.15, 0.2) is 36.5 Å². The summed E-state index contributed by atoms with van der Waals surface area (Å²) in [7, 11) is 0. The van der Waals surface area contributed by atoms with Crippen LogP contribution in [0.2, 0.25) is 0 Å². The Hall–Kier alpha value is -2.96. The number of nitrogens with zero attached hydrogens (tertiary/aromatic N) is 4. The van der Waals surface area contributed by atoms with E-state index in [1.165, 1.54) is 0 Å². The zero-order valence-electron chi connectivity index (χ0n) is 15.6. The predicted molar refractivity (Wildman–Crippen MR) is 101 cm³/mol. The molecule has 3 heterocycles. The van der Waals surface area contributed by atoms with Gasteiger partial charge in [-0.05, 0) is 24.6 Å². The lowest BCUT2D eigenvalue weighted by Gasteiger charge is -2.13. The highest BCUT2D eigenvalue weighted by atomic mass is 16.2. The van der Waals surface area contributed by atoms with Crippen molar-refractivity contribution >= 4 is 11.7 Å². The van der Waals surface area contributed by atoms with Crippen molar-refractivity contribution in [1.82, 2.24) is 25.0 Å². The molecule has 2 N–H and O–H groups in total. The van der Waals surface area contributed by atoms with Gasteiger partial charge >= 0.3 is 0 Å². The van der Waals surface area contributed by atoms with E-state index in [0.717, 1.165) is 24.2 Å². The summed E-state index contributed by atoms with van der Waals surface area (Å²) in [5.41, 5.74) is 2.03. The van der Waals surface area contributed by atoms with Crippen LogP contribution in [0.3, 0.4) is 0 Å². The molecule has 3 aromatic rings. The number of aryl methyl sites for hydroxylation is 1. The summed E-state index contributed by atoms with van der Waals surface area (Å²) >= 11 is 0.